The second-order valence-electron chi connectivity index (χ2n) is 4.79. The molecule has 2 fully saturated rings. The van der Waals surface area contributed by atoms with Crippen molar-refractivity contribution in [3.63, 3.8) is 0 Å². The average Bonchev–Trinajstić information content (AvgIpc) is 2.83. The summed E-state index contributed by atoms with van der Waals surface area (Å²) in [6.45, 7) is 0.406. The summed E-state index contributed by atoms with van der Waals surface area (Å²) < 4.78 is 5.20. The monoisotopic (exact) mass is 273 g/mol. The topological polar surface area (TPSA) is 66.8 Å². The van der Waals surface area contributed by atoms with Gasteiger partial charge in [0.15, 0.2) is 0 Å². The Morgan fingerprint density at radius 2 is 2.17 bits per heavy atom. The van der Waals surface area contributed by atoms with Gasteiger partial charge in [0.1, 0.15) is 6.04 Å². The van der Waals surface area contributed by atoms with Crippen LogP contribution in [0.5, 0.6) is 0 Å². The molecule has 0 aromatic heterocycles. The van der Waals surface area contributed by atoms with Crippen molar-refractivity contribution in [3.8, 4) is 0 Å². The number of carbonyl (C=O) groups is 2. The first-order valence-electron chi connectivity index (χ1n) is 6.31. The summed E-state index contributed by atoms with van der Waals surface area (Å²) in [4.78, 5) is 25.1. The van der Waals surface area contributed by atoms with Crippen LogP contribution in [0.1, 0.15) is 25.7 Å². The van der Waals surface area contributed by atoms with Crippen molar-refractivity contribution in [2.75, 3.05) is 19.4 Å². The first-order valence-corrected chi connectivity index (χ1v) is 7.36. The lowest BCUT2D eigenvalue weighted by molar-refractivity contribution is -0.148. The Morgan fingerprint density at radius 1 is 1.39 bits per heavy atom. The number of rotatable bonds is 3. The molecule has 6 heteroatoms. The number of hydrogen-bond donors (Lipinski definition) is 1. The van der Waals surface area contributed by atoms with E-state index in [1.165, 1.54) is 4.90 Å². The third-order valence-corrected chi connectivity index (χ3v) is 4.98. The molecule has 2 saturated heterocycles. The third-order valence-electron chi connectivity index (χ3n) is 3.62. The molecule has 0 aromatic carbocycles. The number of carbonyl (C=O) groups excluding carboxylic acids is 1. The van der Waals surface area contributed by atoms with Gasteiger partial charge in [-0.1, -0.05) is 6.42 Å². The van der Waals surface area contributed by atoms with Gasteiger partial charge in [-0.05, 0) is 18.6 Å². The van der Waals surface area contributed by atoms with Crippen molar-refractivity contribution >= 4 is 23.6 Å². The van der Waals surface area contributed by atoms with Gasteiger partial charge in [-0.2, -0.15) is 0 Å². The maximum absolute atomic E-state index is 12.4. The maximum atomic E-state index is 12.4. The molecule has 1 N–H and O–H groups in total. The first-order chi connectivity index (χ1) is 8.63. The zero-order valence-electron chi connectivity index (χ0n) is 10.5. The number of thioether (sulfide) groups is 1. The van der Waals surface area contributed by atoms with Crippen molar-refractivity contribution in [2.24, 2.45) is 0 Å². The molecular weight excluding hydrogens is 254 g/mol. The normalized spacial score (nSPS) is 32.5. The molecule has 0 aliphatic carbocycles. The van der Waals surface area contributed by atoms with E-state index in [1.807, 2.05) is 0 Å². The Hall–Kier alpha value is -0.750. The van der Waals surface area contributed by atoms with Crippen LogP contribution in [0.2, 0.25) is 0 Å². The van der Waals surface area contributed by atoms with Crippen LogP contribution in [-0.4, -0.2) is 58.7 Å². The van der Waals surface area contributed by atoms with Crippen molar-refractivity contribution in [3.05, 3.63) is 0 Å². The van der Waals surface area contributed by atoms with E-state index in [2.05, 4.69) is 0 Å². The second-order valence-corrected chi connectivity index (χ2v) is 6.10. The zero-order valence-corrected chi connectivity index (χ0v) is 11.3. The lowest BCUT2D eigenvalue weighted by atomic mass is 10.1. The Bertz CT molecular complexity index is 330. The SMILES string of the molecule is COC1CC(C(=O)O)N(C(=O)C2CCCCS2)C1. The van der Waals surface area contributed by atoms with Crippen LogP contribution in [0.4, 0.5) is 0 Å². The van der Waals surface area contributed by atoms with Crippen LogP contribution in [0.25, 0.3) is 0 Å². The number of aliphatic carboxylic acids is 1. The van der Waals surface area contributed by atoms with Crippen molar-refractivity contribution in [2.45, 2.75) is 43.1 Å². The Morgan fingerprint density at radius 3 is 2.72 bits per heavy atom. The molecule has 0 bridgehead atoms. The quantitative estimate of drug-likeness (QED) is 0.830. The number of nitrogens with zero attached hydrogens (tertiary/aromatic N) is 1. The number of amides is 1. The molecular formula is C12H19NO4S. The van der Waals surface area contributed by atoms with Crippen molar-refractivity contribution < 1.29 is 19.4 Å². The highest BCUT2D eigenvalue weighted by Crippen LogP contribution is 2.30. The second kappa shape index (κ2) is 5.93. The van der Waals surface area contributed by atoms with Crippen LogP contribution in [0.15, 0.2) is 0 Å². The molecule has 0 saturated carbocycles. The standard InChI is InChI=1S/C12H19NO4S/c1-17-8-6-9(12(15)16)13(7-8)11(14)10-4-2-3-5-18-10/h8-10H,2-7H2,1H3,(H,15,16). The van der Waals surface area contributed by atoms with E-state index in [0.717, 1.165) is 25.0 Å². The van der Waals surface area contributed by atoms with E-state index in [0.29, 0.717) is 13.0 Å². The van der Waals surface area contributed by atoms with Gasteiger partial charge in [-0.3, -0.25) is 4.79 Å². The van der Waals surface area contributed by atoms with E-state index >= 15 is 0 Å². The zero-order chi connectivity index (χ0) is 13.1. The largest absolute Gasteiger partial charge is 0.480 e. The van der Waals surface area contributed by atoms with Gasteiger partial charge >= 0.3 is 5.97 Å². The summed E-state index contributed by atoms with van der Waals surface area (Å²) in [7, 11) is 1.56. The van der Waals surface area contributed by atoms with Crippen molar-refractivity contribution in [1.82, 2.24) is 4.90 Å². The predicted molar refractivity (Wildman–Crippen MR) is 68.6 cm³/mol. The lowest BCUT2D eigenvalue weighted by Gasteiger charge is -2.28. The number of hydrogen-bond acceptors (Lipinski definition) is 4. The van der Waals surface area contributed by atoms with E-state index in [4.69, 9.17) is 4.74 Å². The van der Waals surface area contributed by atoms with E-state index < -0.39 is 12.0 Å². The molecule has 3 atom stereocenters. The summed E-state index contributed by atoms with van der Waals surface area (Å²) in [6.07, 6.45) is 3.32. The molecule has 3 unspecified atom stereocenters. The summed E-state index contributed by atoms with van der Waals surface area (Å²) in [5.74, 6) is 0.0470. The number of methoxy groups -OCH3 is 1. The van der Waals surface area contributed by atoms with E-state index in [9.17, 15) is 14.7 Å². The van der Waals surface area contributed by atoms with E-state index in [-0.39, 0.29) is 17.3 Å². The van der Waals surface area contributed by atoms with Gasteiger partial charge in [-0.15, -0.1) is 11.8 Å². The molecule has 1 amide bonds. The molecule has 102 valence electrons. The van der Waals surface area contributed by atoms with Crippen LogP contribution >= 0.6 is 11.8 Å². The fraction of sp³-hybridized carbons (Fsp3) is 0.833. The summed E-state index contributed by atoms with van der Waals surface area (Å²) in [5, 5.41) is 9.13. The van der Waals surface area contributed by atoms with E-state index in [1.54, 1.807) is 18.9 Å². The molecule has 0 spiro atoms. The number of ether oxygens (including phenoxy) is 1. The maximum Gasteiger partial charge on any atom is 0.326 e. The molecule has 2 heterocycles. The number of carboxylic acid groups (broad SMARTS) is 1. The fourth-order valence-electron chi connectivity index (χ4n) is 2.57. The molecule has 2 rings (SSSR count). The molecule has 18 heavy (non-hydrogen) atoms. The van der Waals surface area contributed by atoms with Gasteiger partial charge < -0.3 is 14.7 Å². The Balaban J connectivity index is 2.04. The first kappa shape index (κ1) is 13.7. The van der Waals surface area contributed by atoms with Gasteiger partial charge in [0.05, 0.1) is 11.4 Å². The fourth-order valence-corrected chi connectivity index (χ4v) is 3.83. The highest BCUT2D eigenvalue weighted by molar-refractivity contribution is 8.00. The third kappa shape index (κ3) is 2.80. The van der Waals surface area contributed by atoms with Gasteiger partial charge in [0, 0.05) is 20.1 Å². The van der Waals surface area contributed by atoms with Crippen LogP contribution in [0, 0.1) is 0 Å². The summed E-state index contributed by atoms with van der Waals surface area (Å²) in [5.41, 5.74) is 0. The Kier molecular flexibility index (Phi) is 4.50. The number of carboxylic acids is 1. The average molecular weight is 273 g/mol. The molecule has 2 aliphatic rings. The van der Waals surface area contributed by atoms with Crippen LogP contribution in [-0.2, 0) is 14.3 Å². The molecule has 5 nitrogen and oxygen atoms in total. The smallest absolute Gasteiger partial charge is 0.326 e. The highest BCUT2D eigenvalue weighted by Gasteiger charge is 2.42. The summed E-state index contributed by atoms with van der Waals surface area (Å²) in [6, 6.07) is -0.718. The minimum absolute atomic E-state index is 0.0216. The highest BCUT2D eigenvalue weighted by atomic mass is 32.2. The van der Waals surface area contributed by atoms with Gasteiger partial charge in [0.25, 0.3) is 0 Å². The molecule has 0 aromatic rings. The minimum atomic E-state index is -0.927. The van der Waals surface area contributed by atoms with Crippen LogP contribution < -0.4 is 0 Å². The Labute approximate surface area is 111 Å². The molecule has 2 aliphatic heterocycles. The predicted octanol–water partition coefficient (Wildman–Crippen LogP) is 0.973. The van der Waals surface area contributed by atoms with Gasteiger partial charge in [-0.25, -0.2) is 4.79 Å². The molecule has 0 radical (unpaired) electrons. The van der Waals surface area contributed by atoms with Crippen LogP contribution in [0.3, 0.4) is 0 Å². The summed E-state index contributed by atoms with van der Waals surface area (Å²) >= 11 is 1.66. The van der Waals surface area contributed by atoms with Gasteiger partial charge in [0.2, 0.25) is 5.91 Å². The van der Waals surface area contributed by atoms with Crippen molar-refractivity contribution in [1.29, 1.82) is 0 Å². The lowest BCUT2D eigenvalue weighted by Crippen LogP contribution is -2.45. The minimum Gasteiger partial charge on any atom is -0.480 e. The number of likely N-dealkylation sites (tertiary alicyclic amines) is 1.